The number of likely N-dealkylation sites (tertiary alicyclic amines) is 1. The maximum Gasteiger partial charge on any atom is 0.0540 e. The van der Waals surface area contributed by atoms with E-state index in [-0.39, 0.29) is 6.10 Å². The van der Waals surface area contributed by atoms with Crippen LogP contribution in [0, 0.1) is 11.8 Å². The first-order valence-electron chi connectivity index (χ1n) is 7.34. The molecule has 2 fully saturated rings. The van der Waals surface area contributed by atoms with E-state index in [0.717, 1.165) is 30.7 Å². The number of hydrogen-bond acceptors (Lipinski definition) is 2. The van der Waals surface area contributed by atoms with Gasteiger partial charge in [-0.05, 0) is 78.2 Å². The molecule has 17 heavy (non-hydrogen) atoms. The third-order valence-electron chi connectivity index (χ3n) is 5.02. The molecule has 0 unspecified atom stereocenters. The van der Waals surface area contributed by atoms with Crippen molar-refractivity contribution < 1.29 is 5.11 Å². The van der Waals surface area contributed by atoms with Gasteiger partial charge in [-0.3, -0.25) is 4.90 Å². The highest BCUT2D eigenvalue weighted by Gasteiger charge is 2.40. The Hall–Kier alpha value is -0.0800. The fourth-order valence-corrected chi connectivity index (χ4v) is 4.07. The summed E-state index contributed by atoms with van der Waals surface area (Å²) in [6.45, 7) is 10.7. The third kappa shape index (κ3) is 2.85. The van der Waals surface area contributed by atoms with E-state index in [9.17, 15) is 5.11 Å². The summed E-state index contributed by atoms with van der Waals surface area (Å²) >= 11 is 0. The Morgan fingerprint density at radius 3 is 2.06 bits per heavy atom. The zero-order chi connectivity index (χ0) is 12.6. The number of aliphatic hydroxyl groups excluding tert-OH is 1. The first-order chi connectivity index (χ1) is 7.89. The van der Waals surface area contributed by atoms with Crippen LogP contribution in [-0.2, 0) is 0 Å². The van der Waals surface area contributed by atoms with Crippen LogP contribution in [0.15, 0.2) is 0 Å². The predicted molar refractivity (Wildman–Crippen MR) is 72.0 cm³/mol. The molecule has 2 heteroatoms. The SMILES string of the molecule is C[C@H]1[C@H](C2CCC(O)CC2)CCN1C(C)(C)C. The quantitative estimate of drug-likeness (QED) is 0.760. The minimum atomic E-state index is -0.0123. The Morgan fingerprint density at radius 1 is 1.00 bits per heavy atom. The first-order valence-corrected chi connectivity index (χ1v) is 7.34. The molecular formula is C15H29NO. The smallest absolute Gasteiger partial charge is 0.0540 e. The van der Waals surface area contributed by atoms with E-state index < -0.39 is 0 Å². The third-order valence-corrected chi connectivity index (χ3v) is 5.02. The van der Waals surface area contributed by atoms with Crippen molar-refractivity contribution in [1.29, 1.82) is 0 Å². The van der Waals surface area contributed by atoms with Gasteiger partial charge in [0, 0.05) is 11.6 Å². The van der Waals surface area contributed by atoms with E-state index >= 15 is 0 Å². The van der Waals surface area contributed by atoms with Gasteiger partial charge in [-0.25, -0.2) is 0 Å². The molecule has 1 heterocycles. The van der Waals surface area contributed by atoms with Gasteiger partial charge in [0.15, 0.2) is 0 Å². The second-order valence-electron chi connectivity index (χ2n) is 7.13. The van der Waals surface area contributed by atoms with E-state index in [2.05, 4.69) is 32.6 Å². The molecule has 1 saturated carbocycles. The van der Waals surface area contributed by atoms with Gasteiger partial charge < -0.3 is 5.11 Å². The summed E-state index contributed by atoms with van der Waals surface area (Å²) in [5, 5.41) is 9.61. The van der Waals surface area contributed by atoms with Crippen LogP contribution in [-0.4, -0.2) is 34.2 Å². The Kier molecular flexibility index (Phi) is 3.84. The Bertz CT molecular complexity index is 250. The zero-order valence-corrected chi connectivity index (χ0v) is 11.9. The summed E-state index contributed by atoms with van der Waals surface area (Å²) in [5.74, 6) is 1.72. The van der Waals surface area contributed by atoms with Crippen LogP contribution in [0.5, 0.6) is 0 Å². The number of hydrogen-bond donors (Lipinski definition) is 1. The van der Waals surface area contributed by atoms with Crippen LogP contribution >= 0.6 is 0 Å². The van der Waals surface area contributed by atoms with Gasteiger partial charge in [0.2, 0.25) is 0 Å². The number of rotatable bonds is 1. The number of aliphatic hydroxyl groups is 1. The lowest BCUT2D eigenvalue weighted by atomic mass is 9.76. The molecule has 1 aliphatic heterocycles. The molecule has 1 aliphatic carbocycles. The molecular weight excluding hydrogens is 210 g/mol. The van der Waals surface area contributed by atoms with E-state index in [0.29, 0.717) is 5.54 Å². The van der Waals surface area contributed by atoms with Crippen LogP contribution in [0.1, 0.15) is 59.8 Å². The molecule has 2 rings (SSSR count). The summed E-state index contributed by atoms with van der Waals surface area (Å²) < 4.78 is 0. The fourth-order valence-electron chi connectivity index (χ4n) is 4.07. The maximum atomic E-state index is 9.61. The van der Waals surface area contributed by atoms with Gasteiger partial charge in [-0.1, -0.05) is 0 Å². The van der Waals surface area contributed by atoms with Gasteiger partial charge in [0.1, 0.15) is 0 Å². The predicted octanol–water partition coefficient (Wildman–Crippen LogP) is 3.05. The second-order valence-corrected chi connectivity index (χ2v) is 7.13. The summed E-state index contributed by atoms with van der Waals surface area (Å²) in [4.78, 5) is 2.67. The summed E-state index contributed by atoms with van der Waals surface area (Å²) in [7, 11) is 0. The molecule has 100 valence electrons. The molecule has 2 nitrogen and oxygen atoms in total. The van der Waals surface area contributed by atoms with E-state index in [1.807, 2.05) is 0 Å². The van der Waals surface area contributed by atoms with Gasteiger partial charge in [-0.2, -0.15) is 0 Å². The lowest BCUT2D eigenvalue weighted by molar-refractivity contribution is 0.0668. The summed E-state index contributed by atoms with van der Waals surface area (Å²) in [5.41, 5.74) is 0.308. The average molecular weight is 239 g/mol. The average Bonchev–Trinajstić information content (AvgIpc) is 2.61. The Labute approximate surface area is 106 Å². The zero-order valence-electron chi connectivity index (χ0n) is 11.9. The lowest BCUT2D eigenvalue weighted by Gasteiger charge is -2.39. The molecule has 1 N–H and O–H groups in total. The topological polar surface area (TPSA) is 23.5 Å². The van der Waals surface area contributed by atoms with Gasteiger partial charge in [-0.15, -0.1) is 0 Å². The van der Waals surface area contributed by atoms with Crippen molar-refractivity contribution in [2.75, 3.05) is 6.54 Å². The Balaban J connectivity index is 1.95. The fraction of sp³-hybridized carbons (Fsp3) is 1.00. The van der Waals surface area contributed by atoms with Crippen molar-refractivity contribution in [3.8, 4) is 0 Å². The van der Waals surface area contributed by atoms with Crippen LogP contribution in [0.3, 0.4) is 0 Å². The minimum Gasteiger partial charge on any atom is -0.393 e. The molecule has 1 saturated heterocycles. The highest BCUT2D eigenvalue weighted by molar-refractivity contribution is 4.94. The molecule has 0 aromatic heterocycles. The van der Waals surface area contributed by atoms with E-state index in [1.165, 1.54) is 25.8 Å². The second kappa shape index (κ2) is 4.89. The largest absolute Gasteiger partial charge is 0.393 e. The molecule has 0 aromatic carbocycles. The first kappa shape index (κ1) is 13.4. The number of nitrogens with zero attached hydrogens (tertiary/aromatic N) is 1. The molecule has 0 amide bonds. The molecule has 0 aromatic rings. The van der Waals surface area contributed by atoms with Crippen LogP contribution in [0.4, 0.5) is 0 Å². The standard InChI is InChI=1S/C15H29NO/c1-11-14(9-10-16(11)15(2,3)4)12-5-7-13(17)8-6-12/h11-14,17H,5-10H2,1-4H3/t11-,12?,13?,14+/m0/s1. The minimum absolute atomic E-state index is 0.0123. The Morgan fingerprint density at radius 2 is 1.59 bits per heavy atom. The molecule has 0 spiro atoms. The van der Waals surface area contributed by atoms with E-state index in [1.54, 1.807) is 0 Å². The monoisotopic (exact) mass is 239 g/mol. The van der Waals surface area contributed by atoms with Crippen molar-refractivity contribution in [3.63, 3.8) is 0 Å². The van der Waals surface area contributed by atoms with Crippen molar-refractivity contribution in [2.45, 2.75) is 77.5 Å². The van der Waals surface area contributed by atoms with Crippen molar-refractivity contribution in [2.24, 2.45) is 11.8 Å². The molecule has 0 bridgehead atoms. The summed E-state index contributed by atoms with van der Waals surface area (Å²) in [6, 6.07) is 0.718. The molecule has 2 aliphatic rings. The van der Waals surface area contributed by atoms with Crippen molar-refractivity contribution in [3.05, 3.63) is 0 Å². The normalized spacial score (nSPS) is 40.8. The maximum absolute atomic E-state index is 9.61. The van der Waals surface area contributed by atoms with Crippen LogP contribution in [0.25, 0.3) is 0 Å². The lowest BCUT2D eigenvalue weighted by Crippen LogP contribution is -2.45. The molecule has 0 radical (unpaired) electrons. The highest BCUT2D eigenvalue weighted by atomic mass is 16.3. The van der Waals surface area contributed by atoms with E-state index in [4.69, 9.17) is 0 Å². The van der Waals surface area contributed by atoms with Gasteiger partial charge >= 0.3 is 0 Å². The van der Waals surface area contributed by atoms with Crippen LogP contribution in [0.2, 0.25) is 0 Å². The van der Waals surface area contributed by atoms with Crippen molar-refractivity contribution >= 4 is 0 Å². The van der Waals surface area contributed by atoms with Crippen LogP contribution < -0.4 is 0 Å². The highest BCUT2D eigenvalue weighted by Crippen LogP contribution is 2.40. The van der Waals surface area contributed by atoms with Crippen molar-refractivity contribution in [1.82, 2.24) is 4.90 Å². The van der Waals surface area contributed by atoms with Gasteiger partial charge in [0.25, 0.3) is 0 Å². The van der Waals surface area contributed by atoms with Gasteiger partial charge in [0.05, 0.1) is 6.10 Å². The summed E-state index contributed by atoms with van der Waals surface area (Å²) in [6.07, 6.45) is 5.90. The molecule has 2 atom stereocenters.